The molecule has 0 amide bonds. The van der Waals surface area contributed by atoms with E-state index in [0.29, 0.717) is 18.5 Å². The van der Waals surface area contributed by atoms with Gasteiger partial charge in [-0.1, -0.05) is 23.7 Å². The van der Waals surface area contributed by atoms with Crippen LogP contribution in [0.4, 0.5) is 4.39 Å². The first-order valence-corrected chi connectivity index (χ1v) is 6.56. The molecule has 6 heteroatoms. The summed E-state index contributed by atoms with van der Waals surface area (Å²) in [4.78, 5) is 1.79. The first kappa shape index (κ1) is 14.7. The number of aliphatic hydroxyl groups excluding tert-OH is 3. The van der Waals surface area contributed by atoms with Gasteiger partial charge in [-0.3, -0.25) is 4.90 Å². The minimum absolute atomic E-state index is 0.0895. The fourth-order valence-corrected chi connectivity index (χ4v) is 2.47. The predicted molar refractivity (Wildman–Crippen MR) is 69.6 cm³/mol. The summed E-state index contributed by atoms with van der Waals surface area (Å²) < 4.78 is 13.7. The van der Waals surface area contributed by atoms with Crippen LogP contribution in [-0.2, 0) is 6.42 Å². The monoisotopic (exact) mass is 289 g/mol. The van der Waals surface area contributed by atoms with Gasteiger partial charge in [0.05, 0.1) is 17.2 Å². The molecular formula is C13H17ClFNO3. The summed E-state index contributed by atoms with van der Waals surface area (Å²) >= 11 is 5.70. The number of piperidine rings is 1. The number of likely N-dealkylation sites (tertiary alicyclic amines) is 1. The van der Waals surface area contributed by atoms with Gasteiger partial charge in [0.15, 0.2) is 0 Å². The molecule has 2 rings (SSSR count). The van der Waals surface area contributed by atoms with Crippen LogP contribution >= 0.6 is 11.6 Å². The Labute approximate surface area is 116 Å². The zero-order valence-electron chi connectivity index (χ0n) is 10.3. The lowest BCUT2D eigenvalue weighted by Gasteiger charge is -2.36. The summed E-state index contributed by atoms with van der Waals surface area (Å²) in [5.74, 6) is -0.428. The summed E-state index contributed by atoms with van der Waals surface area (Å²) in [5, 5.41) is 28.7. The number of benzene rings is 1. The second kappa shape index (κ2) is 6.15. The van der Waals surface area contributed by atoms with Gasteiger partial charge in [-0.2, -0.15) is 0 Å². The van der Waals surface area contributed by atoms with E-state index < -0.39 is 24.1 Å². The van der Waals surface area contributed by atoms with Crippen molar-refractivity contribution in [3.63, 3.8) is 0 Å². The molecule has 3 atom stereocenters. The zero-order valence-corrected chi connectivity index (χ0v) is 11.1. The Kier molecular flexibility index (Phi) is 4.76. The molecule has 1 aromatic rings. The second-order valence-corrected chi connectivity index (χ2v) is 5.26. The van der Waals surface area contributed by atoms with E-state index in [2.05, 4.69) is 0 Å². The van der Waals surface area contributed by atoms with Gasteiger partial charge >= 0.3 is 0 Å². The Morgan fingerprint density at radius 1 is 1.21 bits per heavy atom. The van der Waals surface area contributed by atoms with Gasteiger partial charge in [-0.15, -0.1) is 0 Å². The van der Waals surface area contributed by atoms with Crippen molar-refractivity contribution in [1.82, 2.24) is 4.90 Å². The van der Waals surface area contributed by atoms with E-state index in [-0.39, 0.29) is 18.1 Å². The first-order chi connectivity index (χ1) is 8.99. The highest BCUT2D eigenvalue weighted by atomic mass is 35.5. The molecule has 0 aromatic heterocycles. The summed E-state index contributed by atoms with van der Waals surface area (Å²) in [6, 6.07) is 4.84. The summed E-state index contributed by atoms with van der Waals surface area (Å²) in [6.07, 6.45) is -2.64. The fraction of sp³-hybridized carbons (Fsp3) is 0.538. The van der Waals surface area contributed by atoms with Crippen molar-refractivity contribution in [2.75, 3.05) is 19.6 Å². The average Bonchev–Trinajstić information content (AvgIpc) is 2.37. The smallest absolute Gasteiger partial charge is 0.145 e. The maximum absolute atomic E-state index is 13.7. The maximum Gasteiger partial charge on any atom is 0.145 e. The SMILES string of the molecule is OC1[C@H](O)CN(CCc2cccc(Cl)c2F)C[C@@H]1O. The molecule has 1 unspecified atom stereocenters. The van der Waals surface area contributed by atoms with Crippen molar-refractivity contribution >= 4 is 11.6 Å². The topological polar surface area (TPSA) is 63.9 Å². The number of rotatable bonds is 3. The van der Waals surface area contributed by atoms with E-state index in [1.165, 1.54) is 6.07 Å². The number of nitrogens with zero attached hydrogens (tertiary/aromatic N) is 1. The Balaban J connectivity index is 1.94. The normalized spacial score (nSPS) is 28.6. The Morgan fingerprint density at radius 3 is 2.47 bits per heavy atom. The summed E-state index contributed by atoms with van der Waals surface area (Å²) in [5.41, 5.74) is 0.502. The van der Waals surface area contributed by atoms with E-state index in [1.54, 1.807) is 17.0 Å². The lowest BCUT2D eigenvalue weighted by Crippen LogP contribution is -2.55. The standard InChI is InChI=1S/C13H17ClFNO3/c14-9-3-1-2-8(12(9)15)4-5-16-6-10(17)13(19)11(18)7-16/h1-3,10-11,13,17-19H,4-7H2/t10-,11+,13?. The summed E-state index contributed by atoms with van der Waals surface area (Å²) in [7, 11) is 0. The van der Waals surface area contributed by atoms with Crippen LogP contribution in [0.15, 0.2) is 18.2 Å². The van der Waals surface area contributed by atoms with Gasteiger partial charge in [0.25, 0.3) is 0 Å². The van der Waals surface area contributed by atoms with Crippen LogP contribution in [0.2, 0.25) is 5.02 Å². The van der Waals surface area contributed by atoms with Gasteiger partial charge in [0.2, 0.25) is 0 Å². The van der Waals surface area contributed by atoms with E-state index >= 15 is 0 Å². The number of β-amino-alcohol motifs (C(OH)–C–C–N with tert-alkyl or cyclic N) is 2. The summed E-state index contributed by atoms with van der Waals surface area (Å²) in [6.45, 7) is 1.01. The molecule has 0 bridgehead atoms. The van der Waals surface area contributed by atoms with Gasteiger partial charge in [0, 0.05) is 19.6 Å². The molecule has 0 spiro atoms. The maximum atomic E-state index is 13.7. The van der Waals surface area contributed by atoms with Gasteiger partial charge in [-0.25, -0.2) is 4.39 Å². The molecule has 1 fully saturated rings. The van der Waals surface area contributed by atoms with Crippen molar-refractivity contribution in [2.24, 2.45) is 0 Å². The largest absolute Gasteiger partial charge is 0.389 e. The van der Waals surface area contributed by atoms with Crippen LogP contribution < -0.4 is 0 Å². The lowest BCUT2D eigenvalue weighted by molar-refractivity contribution is -0.109. The molecule has 1 saturated heterocycles. The van der Waals surface area contributed by atoms with E-state index in [4.69, 9.17) is 11.6 Å². The molecule has 3 N–H and O–H groups in total. The lowest BCUT2D eigenvalue weighted by atomic mass is 10.0. The van der Waals surface area contributed by atoms with Gasteiger partial charge < -0.3 is 15.3 Å². The highest BCUT2D eigenvalue weighted by Gasteiger charge is 2.33. The van der Waals surface area contributed by atoms with Crippen LogP contribution in [0, 0.1) is 5.82 Å². The zero-order chi connectivity index (χ0) is 14.0. The average molecular weight is 290 g/mol. The third-order valence-electron chi connectivity index (χ3n) is 3.41. The molecule has 106 valence electrons. The molecular weight excluding hydrogens is 273 g/mol. The first-order valence-electron chi connectivity index (χ1n) is 6.18. The molecule has 1 aliphatic rings. The molecule has 1 aromatic carbocycles. The van der Waals surface area contributed by atoms with Crippen molar-refractivity contribution in [1.29, 1.82) is 0 Å². The molecule has 0 saturated carbocycles. The van der Waals surface area contributed by atoms with Gasteiger partial charge in [-0.05, 0) is 18.1 Å². The van der Waals surface area contributed by atoms with Crippen LogP contribution in [0.25, 0.3) is 0 Å². The van der Waals surface area contributed by atoms with Crippen LogP contribution in [0.1, 0.15) is 5.56 Å². The predicted octanol–water partition coefficient (Wildman–Crippen LogP) is 0.420. The van der Waals surface area contributed by atoms with Gasteiger partial charge in [0.1, 0.15) is 11.9 Å². The van der Waals surface area contributed by atoms with Crippen molar-refractivity contribution in [3.8, 4) is 0 Å². The quantitative estimate of drug-likeness (QED) is 0.755. The van der Waals surface area contributed by atoms with Crippen molar-refractivity contribution < 1.29 is 19.7 Å². The molecule has 1 aliphatic heterocycles. The molecule has 1 heterocycles. The Morgan fingerprint density at radius 2 is 1.84 bits per heavy atom. The Hall–Kier alpha value is -0.720. The van der Waals surface area contributed by atoms with Crippen molar-refractivity contribution in [2.45, 2.75) is 24.7 Å². The third-order valence-corrected chi connectivity index (χ3v) is 3.70. The molecule has 0 radical (unpaired) electrons. The fourth-order valence-electron chi connectivity index (χ4n) is 2.28. The number of hydrogen-bond acceptors (Lipinski definition) is 4. The highest BCUT2D eigenvalue weighted by Crippen LogP contribution is 2.19. The minimum atomic E-state index is -1.11. The molecule has 19 heavy (non-hydrogen) atoms. The number of aliphatic hydroxyl groups is 3. The third kappa shape index (κ3) is 3.43. The van der Waals surface area contributed by atoms with Crippen LogP contribution in [0.5, 0.6) is 0 Å². The molecule has 0 aliphatic carbocycles. The number of halogens is 2. The minimum Gasteiger partial charge on any atom is -0.389 e. The number of hydrogen-bond donors (Lipinski definition) is 3. The Bertz CT molecular complexity index is 434. The van der Waals surface area contributed by atoms with E-state index in [0.717, 1.165) is 0 Å². The van der Waals surface area contributed by atoms with Crippen LogP contribution in [0.3, 0.4) is 0 Å². The van der Waals surface area contributed by atoms with Crippen molar-refractivity contribution in [3.05, 3.63) is 34.6 Å². The second-order valence-electron chi connectivity index (χ2n) is 4.85. The van der Waals surface area contributed by atoms with E-state index in [9.17, 15) is 19.7 Å². The highest BCUT2D eigenvalue weighted by molar-refractivity contribution is 6.30. The van der Waals surface area contributed by atoms with E-state index in [1.807, 2.05) is 0 Å². The van der Waals surface area contributed by atoms with Crippen LogP contribution in [-0.4, -0.2) is 58.2 Å². The molecule has 4 nitrogen and oxygen atoms in total.